The monoisotopic (exact) mass is 462 g/mol. The first-order valence-electron chi connectivity index (χ1n) is 8.24. The summed E-state index contributed by atoms with van der Waals surface area (Å²) in [5.74, 6) is 0. The molecule has 11 nitrogen and oxygen atoms in total. The first-order chi connectivity index (χ1) is 13.9. The van der Waals surface area contributed by atoms with Crippen LogP contribution in [0, 0.1) is 31.6 Å². The molecule has 150 valence electrons. The lowest BCUT2D eigenvalue weighted by molar-refractivity contribution is -0.393. The molecule has 0 aliphatic rings. The molecule has 1 N–H and O–H groups in total. The van der Waals surface area contributed by atoms with Crippen LogP contribution in [0.2, 0.25) is 0 Å². The van der Waals surface area contributed by atoms with Crippen LogP contribution < -0.4 is 4.90 Å². The number of nitro groups is 2. The lowest BCUT2D eigenvalue weighted by Crippen LogP contribution is -2.27. The van der Waals surface area contributed by atoms with E-state index < -0.39 is 21.2 Å². The highest BCUT2D eigenvalue weighted by molar-refractivity contribution is 9.10. The second-order valence-corrected chi connectivity index (χ2v) is 6.50. The molecule has 0 aromatic heterocycles. The summed E-state index contributed by atoms with van der Waals surface area (Å²) >= 11 is 3.06. The van der Waals surface area contributed by atoms with E-state index in [9.17, 15) is 20.2 Å². The van der Waals surface area contributed by atoms with E-state index >= 15 is 0 Å². The smallest absolute Gasteiger partial charge is 0.304 e. The summed E-state index contributed by atoms with van der Waals surface area (Å²) in [4.78, 5) is 22.5. The number of rotatable bonds is 9. The fourth-order valence-electron chi connectivity index (χ4n) is 2.43. The molecule has 2 aromatic rings. The second kappa shape index (κ2) is 10.2. The van der Waals surface area contributed by atoms with Gasteiger partial charge in [0.1, 0.15) is 0 Å². The lowest BCUT2D eigenvalue weighted by atomic mass is 10.2. The van der Waals surface area contributed by atoms with E-state index in [0.717, 1.165) is 17.8 Å². The molecule has 29 heavy (non-hydrogen) atoms. The van der Waals surface area contributed by atoms with E-state index in [-0.39, 0.29) is 16.8 Å². The van der Waals surface area contributed by atoms with E-state index in [0.29, 0.717) is 25.2 Å². The minimum Gasteiger partial charge on any atom is -0.395 e. The van der Waals surface area contributed by atoms with Crippen molar-refractivity contribution in [1.82, 2.24) is 0 Å². The Bertz CT molecular complexity index is 974. The molecule has 0 bridgehead atoms. The zero-order chi connectivity index (χ0) is 21.4. The summed E-state index contributed by atoms with van der Waals surface area (Å²) in [7, 11) is 0. The minimum absolute atomic E-state index is 0.0648. The highest BCUT2D eigenvalue weighted by atomic mass is 79.9. The SMILES string of the molecule is N#CCCN(CCO)c1ccc(N=Nc2c(Br)cc([N+](=O)[O-])cc2[N+](=O)[O-])cc1. The molecular formula is C17H15BrN6O5. The number of aliphatic hydroxyl groups excluding tert-OH is 1. The Balaban J connectivity index is 2.29. The third-order valence-electron chi connectivity index (χ3n) is 3.78. The van der Waals surface area contributed by atoms with Crippen molar-refractivity contribution in [2.45, 2.75) is 6.42 Å². The number of hydrogen-bond donors (Lipinski definition) is 1. The predicted molar refractivity (Wildman–Crippen MR) is 108 cm³/mol. The molecule has 2 rings (SSSR count). The van der Waals surface area contributed by atoms with Crippen molar-refractivity contribution < 1.29 is 15.0 Å². The van der Waals surface area contributed by atoms with E-state index in [4.69, 9.17) is 10.4 Å². The fraction of sp³-hybridized carbons (Fsp3) is 0.235. The topological polar surface area (TPSA) is 158 Å². The first kappa shape index (κ1) is 21.9. The Morgan fingerprint density at radius 3 is 2.34 bits per heavy atom. The van der Waals surface area contributed by atoms with Crippen LogP contribution in [0.25, 0.3) is 0 Å². The Kier molecular flexibility index (Phi) is 7.70. The highest BCUT2D eigenvalue weighted by Gasteiger charge is 2.23. The Morgan fingerprint density at radius 2 is 1.79 bits per heavy atom. The Morgan fingerprint density at radius 1 is 1.10 bits per heavy atom. The summed E-state index contributed by atoms with van der Waals surface area (Å²) in [5.41, 5.74) is 0.0548. The first-order valence-corrected chi connectivity index (χ1v) is 9.03. The molecule has 0 aliphatic heterocycles. The molecule has 0 atom stereocenters. The average molecular weight is 463 g/mol. The van der Waals surface area contributed by atoms with Gasteiger partial charge in [-0.1, -0.05) is 0 Å². The molecule has 0 spiro atoms. The van der Waals surface area contributed by atoms with Crippen molar-refractivity contribution >= 4 is 44.4 Å². The van der Waals surface area contributed by atoms with Gasteiger partial charge in [0.05, 0.1) is 45.2 Å². The number of aliphatic hydroxyl groups is 1. The second-order valence-electron chi connectivity index (χ2n) is 5.64. The average Bonchev–Trinajstić information content (AvgIpc) is 2.70. The summed E-state index contributed by atoms with van der Waals surface area (Å²) in [6.07, 6.45) is 0.305. The molecule has 0 saturated heterocycles. The van der Waals surface area contributed by atoms with Crippen LogP contribution in [0.1, 0.15) is 6.42 Å². The van der Waals surface area contributed by atoms with Crippen molar-refractivity contribution in [1.29, 1.82) is 5.26 Å². The van der Waals surface area contributed by atoms with Gasteiger partial charge in [0.25, 0.3) is 5.69 Å². The molecule has 0 aliphatic carbocycles. The third kappa shape index (κ3) is 5.77. The Hall–Kier alpha value is -3.43. The van der Waals surface area contributed by atoms with E-state index in [1.165, 1.54) is 0 Å². The summed E-state index contributed by atoms with van der Waals surface area (Å²) in [5, 5.41) is 47.8. The van der Waals surface area contributed by atoms with Crippen LogP contribution in [0.3, 0.4) is 0 Å². The molecule has 0 unspecified atom stereocenters. The van der Waals surface area contributed by atoms with Crippen LogP contribution in [0.5, 0.6) is 0 Å². The number of nitriles is 1. The van der Waals surface area contributed by atoms with Gasteiger partial charge in [-0.3, -0.25) is 20.2 Å². The van der Waals surface area contributed by atoms with Gasteiger partial charge in [0, 0.05) is 24.8 Å². The largest absolute Gasteiger partial charge is 0.395 e. The predicted octanol–water partition coefficient (Wildman–Crippen LogP) is 4.39. The summed E-state index contributed by atoms with van der Waals surface area (Å²) < 4.78 is 0.0735. The van der Waals surface area contributed by atoms with Crippen molar-refractivity contribution in [3.63, 3.8) is 0 Å². The van der Waals surface area contributed by atoms with Gasteiger partial charge in [0.15, 0.2) is 5.69 Å². The van der Waals surface area contributed by atoms with Crippen molar-refractivity contribution in [3.05, 3.63) is 61.1 Å². The molecule has 0 fully saturated rings. The van der Waals surface area contributed by atoms with Gasteiger partial charge >= 0.3 is 5.69 Å². The number of nitro benzene ring substituents is 2. The quantitative estimate of drug-likeness (QED) is 0.328. The summed E-state index contributed by atoms with van der Waals surface area (Å²) in [6.45, 7) is 0.759. The zero-order valence-corrected chi connectivity index (χ0v) is 16.5. The molecule has 0 heterocycles. The molecule has 12 heteroatoms. The number of nitrogens with zero attached hydrogens (tertiary/aromatic N) is 6. The van der Waals surface area contributed by atoms with Gasteiger partial charge in [-0.05, 0) is 40.2 Å². The minimum atomic E-state index is -0.767. The van der Waals surface area contributed by atoms with Crippen LogP contribution in [0.15, 0.2) is 51.1 Å². The molecule has 0 amide bonds. The van der Waals surface area contributed by atoms with Crippen LogP contribution in [-0.4, -0.2) is 34.6 Å². The van der Waals surface area contributed by atoms with Gasteiger partial charge in [-0.15, -0.1) is 5.11 Å². The zero-order valence-electron chi connectivity index (χ0n) is 14.9. The number of azo groups is 1. The fourth-order valence-corrected chi connectivity index (χ4v) is 2.94. The number of hydrogen-bond acceptors (Lipinski definition) is 9. The molecule has 0 saturated carbocycles. The summed E-state index contributed by atoms with van der Waals surface area (Å²) in [6, 6.07) is 10.7. The maximum atomic E-state index is 11.2. The van der Waals surface area contributed by atoms with E-state index in [2.05, 4.69) is 26.2 Å². The number of halogens is 1. The lowest BCUT2D eigenvalue weighted by Gasteiger charge is -2.22. The third-order valence-corrected chi connectivity index (χ3v) is 4.38. The molecule has 2 aromatic carbocycles. The van der Waals surface area contributed by atoms with Gasteiger partial charge < -0.3 is 10.0 Å². The number of anilines is 1. The van der Waals surface area contributed by atoms with E-state index in [1.807, 2.05) is 11.0 Å². The molecule has 0 radical (unpaired) electrons. The van der Waals surface area contributed by atoms with Crippen LogP contribution in [0.4, 0.5) is 28.4 Å². The van der Waals surface area contributed by atoms with Gasteiger partial charge in [0.2, 0.25) is 0 Å². The number of benzene rings is 2. The highest BCUT2D eigenvalue weighted by Crippen LogP contribution is 2.39. The van der Waals surface area contributed by atoms with Crippen molar-refractivity contribution in [2.24, 2.45) is 10.2 Å². The maximum Gasteiger partial charge on any atom is 0.304 e. The van der Waals surface area contributed by atoms with E-state index in [1.54, 1.807) is 24.3 Å². The standard InChI is InChI=1S/C17H15BrN6O5/c18-15-10-14(23(26)27)11-16(24(28)29)17(15)21-20-12-2-4-13(5-3-12)22(8-9-25)7-1-6-19/h2-5,10-11,25H,1,7-9H2. The van der Waals surface area contributed by atoms with Crippen LogP contribution in [-0.2, 0) is 0 Å². The van der Waals surface area contributed by atoms with Gasteiger partial charge in [-0.25, -0.2) is 0 Å². The number of non-ortho nitro benzene ring substituents is 1. The van der Waals surface area contributed by atoms with Crippen LogP contribution >= 0.6 is 15.9 Å². The normalized spacial score (nSPS) is 10.7. The Labute approximate surface area is 173 Å². The van der Waals surface area contributed by atoms with Crippen molar-refractivity contribution in [3.8, 4) is 6.07 Å². The van der Waals surface area contributed by atoms with Crippen molar-refractivity contribution in [2.75, 3.05) is 24.6 Å². The molecular weight excluding hydrogens is 448 g/mol. The van der Waals surface area contributed by atoms with Gasteiger partial charge in [-0.2, -0.15) is 10.4 Å². The maximum absolute atomic E-state index is 11.2.